The van der Waals surface area contributed by atoms with E-state index in [1.54, 1.807) is 11.3 Å². The lowest BCUT2D eigenvalue weighted by Gasteiger charge is -2.29. The number of anilines is 1. The Kier molecular flexibility index (Phi) is 3.48. The first kappa shape index (κ1) is 11.9. The first-order valence-corrected chi connectivity index (χ1v) is 7.51. The molecule has 1 aliphatic carbocycles. The van der Waals surface area contributed by atoms with E-state index in [2.05, 4.69) is 40.2 Å². The zero-order chi connectivity index (χ0) is 12.4. The molecule has 0 atom stereocenters. The van der Waals surface area contributed by atoms with Crippen molar-refractivity contribution in [2.24, 2.45) is 0 Å². The first-order valence-electron chi connectivity index (χ1n) is 6.63. The Labute approximate surface area is 112 Å². The monoisotopic (exact) mass is 261 g/mol. The number of nitrogens with zero attached hydrogens (tertiary/aromatic N) is 1. The third-order valence-corrected chi connectivity index (χ3v) is 4.74. The van der Waals surface area contributed by atoms with Crippen LogP contribution < -0.4 is 10.6 Å². The molecule has 0 aromatic carbocycles. The summed E-state index contributed by atoms with van der Waals surface area (Å²) in [5.41, 5.74) is 0. The molecule has 1 fully saturated rings. The molecule has 0 saturated heterocycles. The lowest BCUT2D eigenvalue weighted by molar-refractivity contribution is 0.371. The van der Waals surface area contributed by atoms with Crippen molar-refractivity contribution in [3.63, 3.8) is 0 Å². The fraction of sp³-hybridized carbons (Fsp3) is 0.500. The van der Waals surface area contributed by atoms with E-state index in [-0.39, 0.29) is 0 Å². The summed E-state index contributed by atoms with van der Waals surface area (Å²) in [6.07, 6.45) is 6.88. The zero-order valence-corrected chi connectivity index (χ0v) is 11.5. The van der Waals surface area contributed by atoms with Gasteiger partial charge in [0.25, 0.3) is 0 Å². The van der Waals surface area contributed by atoms with Gasteiger partial charge in [-0.2, -0.15) is 0 Å². The van der Waals surface area contributed by atoms with Gasteiger partial charge in [0.15, 0.2) is 0 Å². The number of pyridine rings is 1. The summed E-state index contributed by atoms with van der Waals surface area (Å²) < 4.78 is 1.32. The second kappa shape index (κ2) is 5.24. The molecule has 2 aromatic rings. The Morgan fingerprint density at radius 1 is 1.17 bits per heavy atom. The number of hydrogen-bond donors (Lipinski definition) is 2. The second-order valence-corrected chi connectivity index (χ2v) is 5.92. The molecule has 3 rings (SSSR count). The van der Waals surface area contributed by atoms with Crippen molar-refractivity contribution in [1.82, 2.24) is 10.3 Å². The quantitative estimate of drug-likeness (QED) is 0.890. The summed E-state index contributed by atoms with van der Waals surface area (Å²) in [6, 6.07) is 5.53. The summed E-state index contributed by atoms with van der Waals surface area (Å²) in [7, 11) is 2.06. The van der Waals surface area contributed by atoms with Gasteiger partial charge >= 0.3 is 0 Å². The highest BCUT2D eigenvalue weighted by atomic mass is 32.1. The number of rotatable bonds is 3. The predicted molar refractivity (Wildman–Crippen MR) is 78.3 cm³/mol. The number of fused-ring (bicyclic) bond motifs is 1. The lowest BCUT2D eigenvalue weighted by Crippen LogP contribution is -2.35. The summed E-state index contributed by atoms with van der Waals surface area (Å²) in [4.78, 5) is 4.49. The van der Waals surface area contributed by atoms with Crippen LogP contribution in [0.4, 0.5) is 5.82 Å². The van der Waals surface area contributed by atoms with Crippen LogP contribution in [-0.2, 0) is 0 Å². The van der Waals surface area contributed by atoms with E-state index in [4.69, 9.17) is 0 Å². The Balaban J connectivity index is 1.71. The number of nitrogens with one attached hydrogen (secondary N) is 2. The first-order chi connectivity index (χ1) is 8.86. The molecule has 1 aliphatic rings. The Morgan fingerprint density at radius 3 is 2.72 bits per heavy atom. The molecule has 0 unspecified atom stereocenters. The summed E-state index contributed by atoms with van der Waals surface area (Å²) in [6.45, 7) is 0. The third kappa shape index (κ3) is 2.35. The fourth-order valence-electron chi connectivity index (χ4n) is 2.73. The van der Waals surface area contributed by atoms with Crippen molar-refractivity contribution in [1.29, 1.82) is 0 Å². The molecular formula is C14H19N3S. The van der Waals surface area contributed by atoms with Gasteiger partial charge in [0, 0.05) is 28.4 Å². The van der Waals surface area contributed by atoms with Gasteiger partial charge in [-0.1, -0.05) is 0 Å². The van der Waals surface area contributed by atoms with E-state index in [1.165, 1.54) is 35.8 Å². The standard InChI is InChI=1S/C14H19N3S/c1-15-10-2-4-11(5-3-10)17-14-12-7-9-18-13(12)6-8-16-14/h6-11,15H,2-5H2,1H3,(H,16,17). The highest BCUT2D eigenvalue weighted by Crippen LogP contribution is 2.28. The van der Waals surface area contributed by atoms with Gasteiger partial charge in [-0.3, -0.25) is 0 Å². The smallest absolute Gasteiger partial charge is 0.134 e. The Morgan fingerprint density at radius 2 is 1.94 bits per heavy atom. The molecular weight excluding hydrogens is 242 g/mol. The second-order valence-electron chi connectivity index (χ2n) is 4.97. The van der Waals surface area contributed by atoms with Gasteiger partial charge in [-0.05, 0) is 50.2 Å². The van der Waals surface area contributed by atoms with E-state index in [0.29, 0.717) is 12.1 Å². The molecule has 18 heavy (non-hydrogen) atoms. The van der Waals surface area contributed by atoms with Crippen LogP contribution in [0.25, 0.3) is 10.1 Å². The van der Waals surface area contributed by atoms with Gasteiger partial charge in [-0.15, -0.1) is 11.3 Å². The molecule has 0 spiro atoms. The van der Waals surface area contributed by atoms with Crippen LogP contribution in [-0.4, -0.2) is 24.1 Å². The lowest BCUT2D eigenvalue weighted by atomic mass is 9.91. The molecule has 2 aromatic heterocycles. The van der Waals surface area contributed by atoms with Crippen molar-refractivity contribution >= 4 is 27.2 Å². The van der Waals surface area contributed by atoms with Gasteiger partial charge in [0.1, 0.15) is 5.82 Å². The van der Waals surface area contributed by atoms with Gasteiger partial charge < -0.3 is 10.6 Å². The minimum Gasteiger partial charge on any atom is -0.367 e. The predicted octanol–water partition coefficient (Wildman–Crippen LogP) is 3.24. The van der Waals surface area contributed by atoms with Crippen LogP contribution in [0, 0.1) is 0 Å². The van der Waals surface area contributed by atoms with E-state index >= 15 is 0 Å². The highest BCUT2D eigenvalue weighted by Gasteiger charge is 2.20. The van der Waals surface area contributed by atoms with Crippen molar-refractivity contribution in [2.45, 2.75) is 37.8 Å². The molecule has 0 bridgehead atoms. The molecule has 0 radical (unpaired) electrons. The highest BCUT2D eigenvalue weighted by molar-refractivity contribution is 7.17. The number of thiophene rings is 1. The summed E-state index contributed by atoms with van der Waals surface area (Å²) in [5, 5.41) is 10.4. The number of aromatic nitrogens is 1. The maximum Gasteiger partial charge on any atom is 0.134 e. The zero-order valence-electron chi connectivity index (χ0n) is 10.6. The Bertz CT molecular complexity index is 514. The molecule has 1 saturated carbocycles. The topological polar surface area (TPSA) is 37.0 Å². The molecule has 96 valence electrons. The maximum absolute atomic E-state index is 4.49. The normalized spacial score (nSPS) is 24.3. The maximum atomic E-state index is 4.49. The van der Waals surface area contributed by atoms with Crippen LogP contribution in [0.2, 0.25) is 0 Å². The van der Waals surface area contributed by atoms with Crippen molar-refractivity contribution < 1.29 is 0 Å². The van der Waals surface area contributed by atoms with Crippen molar-refractivity contribution in [3.8, 4) is 0 Å². The van der Waals surface area contributed by atoms with Gasteiger partial charge in [0.05, 0.1) is 0 Å². The minimum absolute atomic E-state index is 0.576. The van der Waals surface area contributed by atoms with Crippen LogP contribution in [0.1, 0.15) is 25.7 Å². The van der Waals surface area contributed by atoms with Gasteiger partial charge in [-0.25, -0.2) is 4.98 Å². The van der Waals surface area contributed by atoms with Crippen LogP contribution in [0.3, 0.4) is 0 Å². The average Bonchev–Trinajstić information content (AvgIpc) is 2.89. The van der Waals surface area contributed by atoms with Crippen LogP contribution in [0.15, 0.2) is 23.7 Å². The molecule has 0 amide bonds. The molecule has 2 heterocycles. The van der Waals surface area contributed by atoms with Crippen molar-refractivity contribution in [3.05, 3.63) is 23.7 Å². The summed E-state index contributed by atoms with van der Waals surface area (Å²) >= 11 is 1.78. The van der Waals surface area contributed by atoms with Crippen molar-refractivity contribution in [2.75, 3.05) is 12.4 Å². The van der Waals surface area contributed by atoms with E-state index in [0.717, 1.165) is 5.82 Å². The minimum atomic E-state index is 0.576. The molecule has 0 aliphatic heterocycles. The fourth-order valence-corrected chi connectivity index (χ4v) is 3.51. The van der Waals surface area contributed by atoms with Crippen LogP contribution in [0.5, 0.6) is 0 Å². The number of hydrogen-bond acceptors (Lipinski definition) is 4. The molecule has 2 N–H and O–H groups in total. The average molecular weight is 261 g/mol. The van der Waals surface area contributed by atoms with Crippen LogP contribution >= 0.6 is 11.3 Å². The molecule has 3 nitrogen and oxygen atoms in total. The van der Waals surface area contributed by atoms with Gasteiger partial charge in [0.2, 0.25) is 0 Å². The Hall–Kier alpha value is -1.13. The van der Waals surface area contributed by atoms with E-state index in [1.807, 2.05) is 6.20 Å². The largest absolute Gasteiger partial charge is 0.367 e. The SMILES string of the molecule is CNC1CCC(Nc2nccc3sccc23)CC1. The van der Waals surface area contributed by atoms with E-state index in [9.17, 15) is 0 Å². The summed E-state index contributed by atoms with van der Waals surface area (Å²) in [5.74, 6) is 1.06. The molecule has 4 heteroatoms. The third-order valence-electron chi connectivity index (χ3n) is 3.86. The van der Waals surface area contributed by atoms with E-state index < -0.39 is 0 Å².